The van der Waals surface area contributed by atoms with E-state index >= 15 is 0 Å². The van der Waals surface area contributed by atoms with Gasteiger partial charge in [-0.3, -0.25) is 0 Å². The highest BCUT2D eigenvalue weighted by atomic mass is 16.7. The van der Waals surface area contributed by atoms with Crippen molar-refractivity contribution in [2.24, 2.45) is 5.92 Å². The van der Waals surface area contributed by atoms with Crippen LogP contribution in [0, 0.1) is 5.92 Å². The predicted octanol–water partition coefficient (Wildman–Crippen LogP) is 7.78. The second kappa shape index (κ2) is 20.8. The van der Waals surface area contributed by atoms with E-state index in [1.54, 1.807) is 0 Å². The van der Waals surface area contributed by atoms with E-state index in [9.17, 15) is 4.79 Å². The highest BCUT2D eigenvalue weighted by Crippen LogP contribution is 2.08. The minimum atomic E-state index is -0.519. The monoisotopic (exact) mass is 378 g/mol. The summed E-state index contributed by atoms with van der Waals surface area (Å²) < 4.78 is 10.1. The van der Waals surface area contributed by atoms with Gasteiger partial charge in [-0.2, -0.15) is 0 Å². The Morgan fingerprint density at radius 3 is 1.96 bits per heavy atom. The molecule has 0 aliphatic rings. The number of ether oxygens (including phenoxy) is 2. The molecule has 0 heterocycles. The summed E-state index contributed by atoms with van der Waals surface area (Å²) in [7, 11) is 0. The molecule has 0 N–H and O–H groups in total. The quantitative estimate of drug-likeness (QED) is 0.147. The van der Waals surface area contributed by atoms with Crippen molar-refractivity contribution in [1.82, 2.24) is 0 Å². The highest BCUT2D eigenvalue weighted by molar-refractivity contribution is 5.59. The average Bonchev–Trinajstić information content (AvgIpc) is 2.64. The molecule has 0 saturated heterocycles. The van der Waals surface area contributed by atoms with E-state index in [2.05, 4.69) is 57.2 Å². The first-order valence-corrected chi connectivity index (χ1v) is 10.9. The van der Waals surface area contributed by atoms with Gasteiger partial charge in [0.15, 0.2) is 0 Å². The first kappa shape index (κ1) is 25.5. The van der Waals surface area contributed by atoms with Gasteiger partial charge in [0.2, 0.25) is 0 Å². The zero-order chi connectivity index (χ0) is 20.0. The Morgan fingerprint density at radius 2 is 1.30 bits per heavy atom. The average molecular weight is 379 g/mol. The first-order chi connectivity index (χ1) is 13.2. The van der Waals surface area contributed by atoms with Gasteiger partial charge in [0, 0.05) is 0 Å². The minimum absolute atomic E-state index is 0.456. The lowest BCUT2D eigenvalue weighted by Crippen LogP contribution is -2.10. The normalized spacial score (nSPS) is 12.0. The zero-order valence-corrected chi connectivity index (χ0v) is 18.0. The van der Waals surface area contributed by atoms with E-state index < -0.39 is 6.16 Å². The van der Waals surface area contributed by atoms with Crippen LogP contribution in [0.2, 0.25) is 0 Å². The number of rotatable bonds is 17. The van der Waals surface area contributed by atoms with Crippen molar-refractivity contribution in [2.45, 2.75) is 91.4 Å². The summed E-state index contributed by atoms with van der Waals surface area (Å²) in [5, 5.41) is 0. The third kappa shape index (κ3) is 22.4. The Balaban J connectivity index is 3.27. The van der Waals surface area contributed by atoms with E-state index in [4.69, 9.17) is 9.47 Å². The van der Waals surface area contributed by atoms with Crippen LogP contribution >= 0.6 is 0 Å². The summed E-state index contributed by atoms with van der Waals surface area (Å²) in [4.78, 5) is 11.3. The van der Waals surface area contributed by atoms with E-state index in [1.807, 2.05) is 0 Å². The van der Waals surface area contributed by atoms with Gasteiger partial charge in [-0.1, -0.05) is 82.9 Å². The van der Waals surface area contributed by atoms with Crippen molar-refractivity contribution < 1.29 is 14.3 Å². The maximum absolute atomic E-state index is 11.3. The van der Waals surface area contributed by atoms with Crippen molar-refractivity contribution in [1.29, 1.82) is 0 Å². The molecule has 0 radical (unpaired) electrons. The molecule has 3 heteroatoms. The van der Waals surface area contributed by atoms with Gasteiger partial charge in [-0.15, -0.1) is 0 Å². The van der Waals surface area contributed by atoms with Crippen molar-refractivity contribution in [3.8, 4) is 0 Å². The molecule has 0 rings (SSSR count). The predicted molar refractivity (Wildman–Crippen MR) is 116 cm³/mol. The molecule has 0 aliphatic carbocycles. The molecular weight excluding hydrogens is 336 g/mol. The fourth-order valence-electron chi connectivity index (χ4n) is 2.47. The van der Waals surface area contributed by atoms with Gasteiger partial charge < -0.3 is 9.47 Å². The number of hydrogen-bond acceptors (Lipinski definition) is 3. The summed E-state index contributed by atoms with van der Waals surface area (Å²) in [5.41, 5.74) is 0. The van der Waals surface area contributed by atoms with Gasteiger partial charge in [0.25, 0.3) is 0 Å². The molecule has 0 saturated carbocycles. The van der Waals surface area contributed by atoms with E-state index in [0.29, 0.717) is 19.1 Å². The van der Waals surface area contributed by atoms with Gasteiger partial charge in [-0.05, 0) is 50.9 Å². The molecule has 0 spiro atoms. The molecule has 0 aromatic carbocycles. The number of unbranched alkanes of at least 4 members (excludes halogenated alkanes) is 6. The van der Waals surface area contributed by atoms with Crippen molar-refractivity contribution in [3.05, 3.63) is 36.5 Å². The molecule has 0 atom stereocenters. The lowest BCUT2D eigenvalue weighted by Gasteiger charge is -2.07. The SMILES string of the molecule is CC/C=C\C/C=C\C/C=C\CCCCCCCCOC(=O)OCCC(C)C. The third-order valence-electron chi connectivity index (χ3n) is 4.18. The zero-order valence-electron chi connectivity index (χ0n) is 18.0. The third-order valence-corrected chi connectivity index (χ3v) is 4.18. The van der Waals surface area contributed by atoms with Crippen LogP contribution < -0.4 is 0 Å². The molecule has 0 amide bonds. The second-order valence-electron chi connectivity index (χ2n) is 7.33. The summed E-state index contributed by atoms with van der Waals surface area (Å²) >= 11 is 0. The number of carbonyl (C=O) groups excluding carboxylic acids is 1. The first-order valence-electron chi connectivity index (χ1n) is 10.9. The largest absolute Gasteiger partial charge is 0.508 e. The van der Waals surface area contributed by atoms with Gasteiger partial charge in [-0.25, -0.2) is 4.79 Å². The number of allylic oxidation sites excluding steroid dienone is 6. The molecular formula is C24H42O3. The summed E-state index contributed by atoms with van der Waals surface area (Å²) in [5.74, 6) is 0.545. The number of carbonyl (C=O) groups is 1. The van der Waals surface area contributed by atoms with Gasteiger partial charge >= 0.3 is 6.16 Å². The van der Waals surface area contributed by atoms with Crippen LogP contribution in [0.5, 0.6) is 0 Å². The Bertz CT molecular complexity index is 408. The summed E-state index contributed by atoms with van der Waals surface area (Å²) in [6.07, 6.45) is 25.3. The van der Waals surface area contributed by atoms with Gasteiger partial charge in [0.1, 0.15) is 0 Å². The second-order valence-corrected chi connectivity index (χ2v) is 7.33. The van der Waals surface area contributed by atoms with Crippen LogP contribution in [0.1, 0.15) is 91.4 Å². The Morgan fingerprint density at radius 1 is 0.741 bits per heavy atom. The molecule has 0 unspecified atom stereocenters. The van der Waals surface area contributed by atoms with E-state index in [-0.39, 0.29) is 0 Å². The lowest BCUT2D eigenvalue weighted by molar-refractivity contribution is 0.0512. The maximum Gasteiger partial charge on any atom is 0.508 e. The molecule has 0 bridgehead atoms. The fraction of sp³-hybridized carbons (Fsp3) is 0.708. The smallest absolute Gasteiger partial charge is 0.434 e. The Kier molecular flexibility index (Phi) is 19.6. The van der Waals surface area contributed by atoms with Crippen LogP contribution in [-0.4, -0.2) is 19.4 Å². The molecule has 27 heavy (non-hydrogen) atoms. The standard InChI is InChI=1S/C24H42O3/c1-4-5-6-7-8-9-10-11-12-13-14-15-16-17-18-19-21-26-24(25)27-22-20-23(2)3/h5-6,8-9,11-12,23H,4,7,10,13-22H2,1-3H3/b6-5-,9-8-,12-11-. The lowest BCUT2D eigenvalue weighted by atomic mass is 10.1. The molecule has 0 aromatic heterocycles. The summed E-state index contributed by atoms with van der Waals surface area (Å²) in [6, 6.07) is 0. The van der Waals surface area contributed by atoms with Crippen molar-refractivity contribution in [2.75, 3.05) is 13.2 Å². The summed E-state index contributed by atoms with van der Waals surface area (Å²) in [6.45, 7) is 7.31. The van der Waals surface area contributed by atoms with Crippen molar-refractivity contribution >= 4 is 6.16 Å². The minimum Gasteiger partial charge on any atom is -0.434 e. The maximum atomic E-state index is 11.3. The van der Waals surface area contributed by atoms with Crippen LogP contribution in [-0.2, 0) is 9.47 Å². The van der Waals surface area contributed by atoms with Crippen LogP contribution in [0.3, 0.4) is 0 Å². The molecule has 0 fully saturated rings. The van der Waals surface area contributed by atoms with Crippen LogP contribution in [0.15, 0.2) is 36.5 Å². The van der Waals surface area contributed by atoms with Crippen LogP contribution in [0.4, 0.5) is 4.79 Å². The Labute approximate surface area is 167 Å². The topological polar surface area (TPSA) is 35.5 Å². The molecule has 156 valence electrons. The molecule has 3 nitrogen and oxygen atoms in total. The Hall–Kier alpha value is -1.51. The van der Waals surface area contributed by atoms with Crippen molar-refractivity contribution in [3.63, 3.8) is 0 Å². The van der Waals surface area contributed by atoms with E-state index in [1.165, 1.54) is 32.1 Å². The van der Waals surface area contributed by atoms with E-state index in [0.717, 1.165) is 38.5 Å². The van der Waals surface area contributed by atoms with Crippen LogP contribution in [0.25, 0.3) is 0 Å². The van der Waals surface area contributed by atoms with Gasteiger partial charge in [0.05, 0.1) is 13.2 Å². The molecule has 0 aromatic rings. The molecule has 0 aliphatic heterocycles. The fourth-order valence-corrected chi connectivity index (χ4v) is 2.47. The number of hydrogen-bond donors (Lipinski definition) is 0. The highest BCUT2D eigenvalue weighted by Gasteiger charge is 2.03.